The first-order valence-electron chi connectivity index (χ1n) is 7.54. The van der Waals surface area contributed by atoms with Gasteiger partial charge >= 0.3 is 0 Å². The summed E-state index contributed by atoms with van der Waals surface area (Å²) < 4.78 is 56.4. The average Bonchev–Trinajstić information content (AvgIpc) is 2.97. The molecule has 2 heterocycles. The Kier molecular flexibility index (Phi) is 4.47. The van der Waals surface area contributed by atoms with Crippen LogP contribution in [0.1, 0.15) is 37.3 Å². The molecule has 1 saturated heterocycles. The second-order valence-electron chi connectivity index (χ2n) is 5.84. The van der Waals surface area contributed by atoms with Crippen LogP contribution in [0.25, 0.3) is 0 Å². The molecule has 7 heteroatoms. The van der Waals surface area contributed by atoms with E-state index in [0.29, 0.717) is 18.5 Å². The van der Waals surface area contributed by atoms with Gasteiger partial charge in [-0.25, -0.2) is 17.2 Å². The van der Waals surface area contributed by atoms with Crippen LogP contribution in [0.15, 0.2) is 17.0 Å². The maximum Gasteiger partial charge on any atom is 0.178 e. The SMILES string of the molecule is O=S1(=O)CC[C@H](NCC[C@@H]2CCCO2)c2cc(F)c(F)cc21. The highest BCUT2D eigenvalue weighted by molar-refractivity contribution is 7.91. The number of ether oxygens (including phenoxy) is 1. The van der Waals surface area contributed by atoms with Gasteiger partial charge in [-0.1, -0.05) is 0 Å². The second-order valence-corrected chi connectivity index (χ2v) is 7.92. The molecular formula is C15H19F2NO3S. The fraction of sp³-hybridized carbons (Fsp3) is 0.600. The van der Waals surface area contributed by atoms with E-state index in [2.05, 4.69) is 5.32 Å². The highest BCUT2D eigenvalue weighted by Crippen LogP contribution is 2.33. The number of sulfone groups is 1. The van der Waals surface area contributed by atoms with Crippen molar-refractivity contribution in [2.45, 2.75) is 42.7 Å². The van der Waals surface area contributed by atoms with Gasteiger partial charge in [-0.05, 0) is 49.9 Å². The lowest BCUT2D eigenvalue weighted by molar-refractivity contribution is 0.103. The summed E-state index contributed by atoms with van der Waals surface area (Å²) >= 11 is 0. The molecular weight excluding hydrogens is 312 g/mol. The van der Waals surface area contributed by atoms with E-state index < -0.39 is 21.5 Å². The molecule has 0 spiro atoms. The monoisotopic (exact) mass is 331 g/mol. The Morgan fingerprint density at radius 3 is 2.73 bits per heavy atom. The van der Waals surface area contributed by atoms with Crippen molar-refractivity contribution in [2.24, 2.45) is 0 Å². The van der Waals surface area contributed by atoms with Gasteiger partial charge in [0.15, 0.2) is 21.5 Å². The Hall–Kier alpha value is -1.05. The quantitative estimate of drug-likeness (QED) is 0.861. The molecule has 0 aliphatic carbocycles. The van der Waals surface area contributed by atoms with Crippen LogP contribution in [0.4, 0.5) is 8.78 Å². The van der Waals surface area contributed by atoms with Crippen LogP contribution >= 0.6 is 0 Å². The molecule has 1 aromatic carbocycles. The average molecular weight is 331 g/mol. The van der Waals surface area contributed by atoms with Crippen LogP contribution in [0, 0.1) is 11.6 Å². The predicted molar refractivity (Wildman–Crippen MR) is 77.4 cm³/mol. The van der Waals surface area contributed by atoms with Gasteiger partial charge in [-0.3, -0.25) is 0 Å². The molecule has 0 aromatic heterocycles. The second kappa shape index (κ2) is 6.22. The van der Waals surface area contributed by atoms with E-state index in [-0.39, 0.29) is 22.8 Å². The molecule has 0 bridgehead atoms. The van der Waals surface area contributed by atoms with E-state index in [1.54, 1.807) is 0 Å². The summed E-state index contributed by atoms with van der Waals surface area (Å²) in [7, 11) is -3.53. The lowest BCUT2D eigenvalue weighted by atomic mass is 10.0. The van der Waals surface area contributed by atoms with Gasteiger partial charge in [-0.2, -0.15) is 0 Å². The van der Waals surface area contributed by atoms with E-state index in [9.17, 15) is 17.2 Å². The molecule has 0 radical (unpaired) electrons. The van der Waals surface area contributed by atoms with Crippen molar-refractivity contribution in [1.29, 1.82) is 0 Å². The number of hydrogen-bond acceptors (Lipinski definition) is 4. The molecule has 1 aromatic rings. The number of benzene rings is 1. The molecule has 0 saturated carbocycles. The molecule has 0 unspecified atom stereocenters. The zero-order valence-electron chi connectivity index (χ0n) is 12.1. The summed E-state index contributed by atoms with van der Waals surface area (Å²) in [4.78, 5) is -0.0905. The first-order valence-corrected chi connectivity index (χ1v) is 9.19. The third-order valence-electron chi connectivity index (χ3n) is 4.32. The minimum Gasteiger partial charge on any atom is -0.378 e. The van der Waals surface area contributed by atoms with Crippen molar-refractivity contribution >= 4 is 9.84 Å². The number of halogens is 2. The molecule has 3 rings (SSSR count). The van der Waals surface area contributed by atoms with Gasteiger partial charge in [0, 0.05) is 12.6 Å². The fourth-order valence-electron chi connectivity index (χ4n) is 3.13. The highest BCUT2D eigenvalue weighted by Gasteiger charge is 2.31. The molecule has 122 valence electrons. The van der Waals surface area contributed by atoms with Gasteiger partial charge in [0.05, 0.1) is 16.8 Å². The molecule has 1 fully saturated rings. The first-order chi connectivity index (χ1) is 10.5. The van der Waals surface area contributed by atoms with Crippen molar-refractivity contribution in [3.8, 4) is 0 Å². The molecule has 22 heavy (non-hydrogen) atoms. The summed E-state index contributed by atoms with van der Waals surface area (Å²) in [5.74, 6) is -2.19. The summed E-state index contributed by atoms with van der Waals surface area (Å²) in [6.07, 6.45) is 3.55. The normalized spacial score (nSPS) is 26.8. The van der Waals surface area contributed by atoms with E-state index in [1.807, 2.05) is 0 Å². The Balaban J connectivity index is 1.75. The maximum atomic E-state index is 13.5. The Morgan fingerprint density at radius 1 is 1.23 bits per heavy atom. The zero-order valence-corrected chi connectivity index (χ0v) is 13.0. The molecule has 2 aliphatic heterocycles. The first kappa shape index (κ1) is 15.8. The van der Waals surface area contributed by atoms with Gasteiger partial charge < -0.3 is 10.1 Å². The van der Waals surface area contributed by atoms with Gasteiger partial charge in [0.2, 0.25) is 0 Å². The third-order valence-corrected chi connectivity index (χ3v) is 6.12. The number of fused-ring (bicyclic) bond motifs is 1. The van der Waals surface area contributed by atoms with Gasteiger partial charge in [0.1, 0.15) is 0 Å². The van der Waals surface area contributed by atoms with E-state index in [0.717, 1.165) is 38.0 Å². The third kappa shape index (κ3) is 3.16. The van der Waals surface area contributed by atoms with Crippen LogP contribution < -0.4 is 5.32 Å². The fourth-order valence-corrected chi connectivity index (χ4v) is 4.74. The summed E-state index contributed by atoms with van der Waals surface area (Å²) in [6.45, 7) is 1.45. The summed E-state index contributed by atoms with van der Waals surface area (Å²) in [6, 6.07) is 1.54. The Bertz CT molecular complexity index is 657. The van der Waals surface area contributed by atoms with Crippen LogP contribution in [0.2, 0.25) is 0 Å². The maximum absolute atomic E-state index is 13.5. The van der Waals surface area contributed by atoms with E-state index >= 15 is 0 Å². The molecule has 2 aliphatic rings. The van der Waals surface area contributed by atoms with Crippen molar-refractivity contribution in [1.82, 2.24) is 5.32 Å². The summed E-state index contributed by atoms with van der Waals surface area (Å²) in [5.41, 5.74) is 0.331. The van der Waals surface area contributed by atoms with Crippen LogP contribution in [-0.2, 0) is 14.6 Å². The van der Waals surface area contributed by atoms with Gasteiger partial charge in [-0.15, -0.1) is 0 Å². The molecule has 4 nitrogen and oxygen atoms in total. The largest absolute Gasteiger partial charge is 0.378 e. The van der Waals surface area contributed by atoms with Crippen molar-refractivity contribution in [3.05, 3.63) is 29.3 Å². The smallest absolute Gasteiger partial charge is 0.178 e. The molecule has 2 atom stereocenters. The van der Waals surface area contributed by atoms with Crippen LogP contribution in [0.3, 0.4) is 0 Å². The molecule has 1 N–H and O–H groups in total. The van der Waals surface area contributed by atoms with Crippen LogP contribution in [-0.4, -0.2) is 33.4 Å². The number of nitrogens with one attached hydrogen (secondary N) is 1. The Morgan fingerprint density at radius 2 is 2.00 bits per heavy atom. The lowest BCUT2D eigenvalue weighted by Gasteiger charge is -2.27. The van der Waals surface area contributed by atoms with E-state index in [1.165, 1.54) is 0 Å². The van der Waals surface area contributed by atoms with Crippen molar-refractivity contribution in [3.63, 3.8) is 0 Å². The Labute approximate surface area is 128 Å². The van der Waals surface area contributed by atoms with Crippen molar-refractivity contribution in [2.75, 3.05) is 18.9 Å². The summed E-state index contributed by atoms with van der Waals surface area (Å²) in [5, 5.41) is 3.26. The zero-order chi connectivity index (χ0) is 15.7. The van der Waals surface area contributed by atoms with Gasteiger partial charge in [0.25, 0.3) is 0 Å². The van der Waals surface area contributed by atoms with Crippen molar-refractivity contribution < 1.29 is 21.9 Å². The van der Waals surface area contributed by atoms with E-state index in [4.69, 9.17) is 4.74 Å². The number of hydrogen-bond donors (Lipinski definition) is 1. The molecule has 0 amide bonds. The lowest BCUT2D eigenvalue weighted by Crippen LogP contribution is -2.32. The minimum absolute atomic E-state index is 0.0529. The standard InChI is InChI=1S/C15H19F2NO3S/c16-12-8-11-14(18-5-3-10-2-1-6-21-10)4-7-22(19,20)15(11)9-13(12)17/h8-10,14,18H,1-7H2/t10-,14-/m0/s1. The number of rotatable bonds is 4. The highest BCUT2D eigenvalue weighted by atomic mass is 32.2. The predicted octanol–water partition coefficient (Wildman–Crippen LogP) is 2.34. The topological polar surface area (TPSA) is 55.4 Å². The van der Waals surface area contributed by atoms with Crippen LogP contribution in [0.5, 0.6) is 0 Å². The minimum atomic E-state index is -3.53.